The summed E-state index contributed by atoms with van der Waals surface area (Å²) >= 11 is 0. The Balaban J connectivity index is 1.54. The lowest BCUT2D eigenvalue weighted by atomic mass is 10.1. The number of benzene rings is 1. The van der Waals surface area contributed by atoms with E-state index in [-0.39, 0.29) is 5.91 Å². The highest BCUT2D eigenvalue weighted by atomic mass is 16.2. The molecule has 3 aromatic rings. The molecule has 0 saturated heterocycles. The topological polar surface area (TPSA) is 43.1 Å². The van der Waals surface area contributed by atoms with E-state index in [2.05, 4.69) is 4.98 Å². The first-order chi connectivity index (χ1) is 11.2. The number of fused-ring (bicyclic) bond motifs is 1. The molecule has 0 unspecified atom stereocenters. The quantitative estimate of drug-likeness (QED) is 0.730. The molecule has 0 spiro atoms. The Morgan fingerprint density at radius 3 is 2.61 bits per heavy atom. The van der Waals surface area contributed by atoms with Gasteiger partial charge in [-0.25, -0.2) is 4.98 Å². The second-order valence-electron chi connectivity index (χ2n) is 5.86. The van der Waals surface area contributed by atoms with Gasteiger partial charge in [0.05, 0.1) is 24.3 Å². The van der Waals surface area contributed by atoms with Gasteiger partial charge in [0.2, 0.25) is 0 Å². The first-order valence-corrected chi connectivity index (χ1v) is 7.74. The van der Waals surface area contributed by atoms with Gasteiger partial charge in [-0.05, 0) is 36.4 Å². The summed E-state index contributed by atoms with van der Waals surface area (Å²) in [6.07, 6.45) is 6.63. The maximum Gasteiger partial charge on any atom is 0.254 e. The summed E-state index contributed by atoms with van der Waals surface area (Å²) < 4.78 is 4.03. The van der Waals surface area contributed by atoms with E-state index in [1.807, 2.05) is 76.2 Å². The number of rotatable bonds is 2. The zero-order valence-corrected chi connectivity index (χ0v) is 13.0. The lowest BCUT2D eigenvalue weighted by Crippen LogP contribution is -2.36. The monoisotopic (exact) mass is 306 g/mol. The van der Waals surface area contributed by atoms with Gasteiger partial charge in [-0.3, -0.25) is 4.79 Å². The molecule has 0 atom stereocenters. The Morgan fingerprint density at radius 1 is 1.13 bits per heavy atom. The van der Waals surface area contributed by atoms with Crippen LogP contribution in [0.15, 0.2) is 55.1 Å². The van der Waals surface area contributed by atoms with Gasteiger partial charge in [0, 0.05) is 43.7 Å². The predicted molar refractivity (Wildman–Crippen MR) is 87.4 cm³/mol. The van der Waals surface area contributed by atoms with Crippen molar-refractivity contribution in [1.82, 2.24) is 19.0 Å². The molecule has 0 saturated carbocycles. The molecule has 5 heteroatoms. The van der Waals surface area contributed by atoms with E-state index >= 15 is 0 Å². The highest BCUT2D eigenvalue weighted by Crippen LogP contribution is 2.19. The molecule has 1 amide bonds. The standard InChI is InChI=1S/C18H18N4O/c1-20-13-19-16-8-11-22(12-17(16)20)18(23)14-4-6-15(7-5-14)21-9-2-3-10-21/h2-7,9-10,13H,8,11-12H2,1H3. The number of carbonyl (C=O) groups excluding carboxylic acids is 1. The van der Waals surface area contributed by atoms with Gasteiger partial charge < -0.3 is 14.0 Å². The first-order valence-electron chi connectivity index (χ1n) is 7.74. The van der Waals surface area contributed by atoms with Crippen molar-refractivity contribution in [3.05, 3.63) is 72.1 Å². The summed E-state index contributed by atoms with van der Waals surface area (Å²) in [6.45, 7) is 1.35. The molecule has 1 aliphatic heterocycles. The minimum atomic E-state index is 0.0795. The molecule has 5 nitrogen and oxygen atoms in total. The Labute approximate surface area is 134 Å². The summed E-state index contributed by atoms with van der Waals surface area (Å²) in [4.78, 5) is 19.0. The van der Waals surface area contributed by atoms with Crippen LogP contribution in [0.3, 0.4) is 0 Å². The molecule has 23 heavy (non-hydrogen) atoms. The van der Waals surface area contributed by atoms with Crippen molar-refractivity contribution in [3.63, 3.8) is 0 Å². The van der Waals surface area contributed by atoms with Crippen molar-refractivity contribution in [3.8, 4) is 5.69 Å². The number of aromatic nitrogens is 3. The first kappa shape index (κ1) is 13.8. The number of amides is 1. The lowest BCUT2D eigenvalue weighted by molar-refractivity contribution is 0.0730. The number of imidazole rings is 1. The molecular formula is C18H18N4O. The molecule has 0 aliphatic carbocycles. The third-order valence-corrected chi connectivity index (χ3v) is 4.41. The van der Waals surface area contributed by atoms with E-state index in [0.29, 0.717) is 6.54 Å². The molecule has 116 valence electrons. The average molecular weight is 306 g/mol. The molecule has 0 N–H and O–H groups in total. The van der Waals surface area contributed by atoms with Crippen LogP contribution in [0, 0.1) is 0 Å². The average Bonchev–Trinajstić information content (AvgIpc) is 3.25. The minimum absolute atomic E-state index is 0.0795. The molecule has 2 aromatic heterocycles. The van der Waals surface area contributed by atoms with E-state index in [1.165, 1.54) is 0 Å². The van der Waals surface area contributed by atoms with Crippen molar-refractivity contribution in [1.29, 1.82) is 0 Å². The third-order valence-electron chi connectivity index (χ3n) is 4.41. The van der Waals surface area contributed by atoms with Crippen LogP contribution < -0.4 is 0 Å². The molecule has 0 fully saturated rings. The van der Waals surface area contributed by atoms with Gasteiger partial charge in [0.25, 0.3) is 5.91 Å². The molecule has 4 rings (SSSR count). The van der Waals surface area contributed by atoms with Crippen LogP contribution in [0.2, 0.25) is 0 Å². The highest BCUT2D eigenvalue weighted by molar-refractivity contribution is 5.94. The molecule has 0 bridgehead atoms. The summed E-state index contributed by atoms with van der Waals surface area (Å²) in [6, 6.07) is 11.7. The summed E-state index contributed by atoms with van der Waals surface area (Å²) in [5, 5.41) is 0. The Morgan fingerprint density at radius 2 is 1.87 bits per heavy atom. The molecule has 1 aromatic carbocycles. The zero-order valence-electron chi connectivity index (χ0n) is 13.0. The van der Waals surface area contributed by atoms with Gasteiger partial charge >= 0.3 is 0 Å². The van der Waals surface area contributed by atoms with Gasteiger partial charge in [-0.15, -0.1) is 0 Å². The van der Waals surface area contributed by atoms with Crippen LogP contribution in [0.5, 0.6) is 0 Å². The van der Waals surface area contributed by atoms with Gasteiger partial charge in [0.15, 0.2) is 0 Å². The summed E-state index contributed by atoms with van der Waals surface area (Å²) in [7, 11) is 1.98. The van der Waals surface area contributed by atoms with E-state index in [0.717, 1.165) is 35.6 Å². The van der Waals surface area contributed by atoms with Crippen molar-refractivity contribution in [2.75, 3.05) is 6.54 Å². The van der Waals surface area contributed by atoms with E-state index in [4.69, 9.17) is 0 Å². The van der Waals surface area contributed by atoms with Crippen molar-refractivity contribution < 1.29 is 4.79 Å². The SMILES string of the molecule is Cn1cnc2c1CN(C(=O)c1ccc(-n3cccc3)cc1)CC2. The minimum Gasteiger partial charge on any atom is -0.336 e. The van der Waals surface area contributed by atoms with Crippen molar-refractivity contribution in [2.45, 2.75) is 13.0 Å². The Hall–Kier alpha value is -2.82. The molecule has 0 radical (unpaired) electrons. The number of hydrogen-bond acceptors (Lipinski definition) is 2. The highest BCUT2D eigenvalue weighted by Gasteiger charge is 2.24. The van der Waals surface area contributed by atoms with Gasteiger partial charge in [0.1, 0.15) is 0 Å². The second-order valence-corrected chi connectivity index (χ2v) is 5.86. The second kappa shape index (κ2) is 5.43. The number of aryl methyl sites for hydroxylation is 1. The molecule has 1 aliphatic rings. The van der Waals surface area contributed by atoms with Crippen LogP contribution in [-0.4, -0.2) is 31.5 Å². The van der Waals surface area contributed by atoms with E-state index in [9.17, 15) is 4.79 Å². The van der Waals surface area contributed by atoms with Crippen LogP contribution in [0.1, 0.15) is 21.7 Å². The van der Waals surface area contributed by atoms with Crippen molar-refractivity contribution >= 4 is 5.91 Å². The van der Waals surface area contributed by atoms with E-state index < -0.39 is 0 Å². The summed E-state index contributed by atoms with van der Waals surface area (Å²) in [5.74, 6) is 0.0795. The fraction of sp³-hybridized carbons (Fsp3) is 0.222. The number of carbonyl (C=O) groups is 1. The van der Waals surface area contributed by atoms with E-state index in [1.54, 1.807) is 0 Å². The zero-order chi connectivity index (χ0) is 15.8. The van der Waals surface area contributed by atoms with Crippen LogP contribution in [-0.2, 0) is 20.0 Å². The summed E-state index contributed by atoms with van der Waals surface area (Å²) in [5.41, 5.74) is 4.03. The van der Waals surface area contributed by atoms with Gasteiger partial charge in [-0.1, -0.05) is 0 Å². The maximum absolute atomic E-state index is 12.7. The number of hydrogen-bond donors (Lipinski definition) is 0. The molecular weight excluding hydrogens is 288 g/mol. The molecule has 3 heterocycles. The predicted octanol–water partition coefficient (Wildman–Crippen LogP) is 2.41. The van der Waals surface area contributed by atoms with Crippen LogP contribution in [0.25, 0.3) is 5.69 Å². The number of nitrogens with zero attached hydrogens (tertiary/aromatic N) is 4. The Kier molecular flexibility index (Phi) is 3.26. The largest absolute Gasteiger partial charge is 0.336 e. The lowest BCUT2D eigenvalue weighted by Gasteiger charge is -2.27. The van der Waals surface area contributed by atoms with Gasteiger partial charge in [-0.2, -0.15) is 0 Å². The van der Waals surface area contributed by atoms with Crippen LogP contribution in [0.4, 0.5) is 0 Å². The third kappa shape index (κ3) is 2.44. The fourth-order valence-corrected chi connectivity index (χ4v) is 3.06. The van der Waals surface area contributed by atoms with Crippen LogP contribution >= 0.6 is 0 Å². The maximum atomic E-state index is 12.7. The normalized spacial score (nSPS) is 13.9. The smallest absolute Gasteiger partial charge is 0.254 e. The van der Waals surface area contributed by atoms with Crippen molar-refractivity contribution in [2.24, 2.45) is 7.05 Å². The fourth-order valence-electron chi connectivity index (χ4n) is 3.06. The Bertz CT molecular complexity index is 831.